The molecule has 24 heavy (non-hydrogen) atoms. The quantitative estimate of drug-likeness (QED) is 0.936. The second-order valence-electron chi connectivity index (χ2n) is 7.32. The van der Waals surface area contributed by atoms with Gasteiger partial charge in [-0.05, 0) is 61.1 Å². The normalized spacial score (nSPS) is 30.5. The van der Waals surface area contributed by atoms with Crippen LogP contribution < -0.4 is 10.5 Å². The molecule has 5 rings (SSSR count). The van der Waals surface area contributed by atoms with Gasteiger partial charge in [-0.15, -0.1) is 0 Å². The summed E-state index contributed by atoms with van der Waals surface area (Å²) in [5, 5.41) is 1.12. The molecule has 3 aliphatic rings. The van der Waals surface area contributed by atoms with E-state index in [1.807, 2.05) is 18.3 Å². The zero-order valence-corrected chi connectivity index (χ0v) is 14.6. The lowest BCUT2D eigenvalue weighted by atomic mass is 9.72. The first-order chi connectivity index (χ1) is 11.7. The number of methoxy groups -OCH3 is 1. The molecule has 0 saturated carbocycles. The van der Waals surface area contributed by atoms with E-state index in [9.17, 15) is 0 Å². The Bertz CT molecular complexity index is 732. The van der Waals surface area contributed by atoms with Crippen LogP contribution in [0.15, 0.2) is 30.5 Å². The lowest BCUT2D eigenvalue weighted by Gasteiger charge is -2.51. The Morgan fingerprint density at radius 2 is 2.25 bits per heavy atom. The van der Waals surface area contributed by atoms with E-state index in [0.29, 0.717) is 6.04 Å². The van der Waals surface area contributed by atoms with Crippen molar-refractivity contribution in [2.45, 2.75) is 38.3 Å². The van der Waals surface area contributed by atoms with Gasteiger partial charge in [-0.25, -0.2) is 0 Å². The van der Waals surface area contributed by atoms with Gasteiger partial charge in [-0.1, -0.05) is 13.3 Å². The number of piperidine rings is 3. The van der Waals surface area contributed by atoms with Gasteiger partial charge in [0.25, 0.3) is 0 Å². The molecule has 0 radical (unpaired) electrons. The van der Waals surface area contributed by atoms with Gasteiger partial charge in [-0.3, -0.25) is 9.88 Å². The minimum atomic E-state index is 0.0308. The Hall–Kier alpha value is -1.65. The van der Waals surface area contributed by atoms with Crippen molar-refractivity contribution < 1.29 is 4.74 Å². The summed E-state index contributed by atoms with van der Waals surface area (Å²) in [4.78, 5) is 7.12. The third kappa shape index (κ3) is 2.58. The summed E-state index contributed by atoms with van der Waals surface area (Å²) in [6.07, 6.45) is 5.74. The summed E-state index contributed by atoms with van der Waals surface area (Å²) < 4.78 is 5.40. The summed E-state index contributed by atoms with van der Waals surface area (Å²) in [7, 11) is 1.70. The standard InChI is InChI=1S/C20H27N3O/c1-3-13-12-23-9-7-14(13)10-19(23)20(21)16-6-8-22-18-5-4-15(24-2)11-17(16)18/h4-6,8,11,13-14,19-20H,3,7,9-10,12,21H2,1-2H3/t13?,14?,19-,20?/m0/s1. The largest absolute Gasteiger partial charge is 0.497 e. The smallest absolute Gasteiger partial charge is 0.119 e. The summed E-state index contributed by atoms with van der Waals surface area (Å²) in [6, 6.07) is 8.62. The Morgan fingerprint density at radius 3 is 2.96 bits per heavy atom. The monoisotopic (exact) mass is 325 g/mol. The fourth-order valence-electron chi connectivity index (χ4n) is 4.79. The maximum atomic E-state index is 6.79. The summed E-state index contributed by atoms with van der Waals surface area (Å²) >= 11 is 0. The van der Waals surface area contributed by atoms with Crippen LogP contribution in [0.5, 0.6) is 5.75 Å². The third-order valence-corrected chi connectivity index (χ3v) is 6.22. The fraction of sp³-hybridized carbons (Fsp3) is 0.550. The number of benzene rings is 1. The Kier molecular flexibility index (Phi) is 4.19. The second kappa shape index (κ2) is 6.34. The van der Waals surface area contributed by atoms with E-state index in [1.54, 1.807) is 7.11 Å². The average Bonchev–Trinajstić information content (AvgIpc) is 2.66. The first-order valence-corrected chi connectivity index (χ1v) is 9.13. The number of hydrogen-bond donors (Lipinski definition) is 1. The zero-order valence-electron chi connectivity index (χ0n) is 14.6. The van der Waals surface area contributed by atoms with Gasteiger partial charge in [0.15, 0.2) is 0 Å². The van der Waals surface area contributed by atoms with E-state index in [-0.39, 0.29) is 6.04 Å². The molecule has 3 saturated heterocycles. The maximum absolute atomic E-state index is 6.79. The molecule has 2 bridgehead atoms. The molecule has 4 heterocycles. The van der Waals surface area contributed by atoms with Crippen LogP contribution in [-0.4, -0.2) is 36.1 Å². The highest BCUT2D eigenvalue weighted by atomic mass is 16.5. The molecule has 1 aromatic heterocycles. The van der Waals surface area contributed by atoms with Crippen LogP contribution in [0.4, 0.5) is 0 Å². The van der Waals surface area contributed by atoms with Crippen molar-refractivity contribution in [3.63, 3.8) is 0 Å². The molecule has 4 heteroatoms. The molecule has 4 nitrogen and oxygen atoms in total. The van der Waals surface area contributed by atoms with Crippen molar-refractivity contribution in [2.75, 3.05) is 20.2 Å². The molecule has 0 aliphatic carbocycles. The third-order valence-electron chi connectivity index (χ3n) is 6.22. The SMILES string of the molecule is CCC1CN2CCC1C[C@H]2C(N)c1ccnc2ccc(OC)cc12. The highest BCUT2D eigenvalue weighted by molar-refractivity contribution is 5.84. The molecule has 0 spiro atoms. The van der Waals surface area contributed by atoms with Crippen molar-refractivity contribution in [3.05, 3.63) is 36.0 Å². The molecule has 0 amide bonds. The summed E-state index contributed by atoms with van der Waals surface area (Å²) in [5.74, 6) is 2.57. The molecule has 3 aliphatic heterocycles. The van der Waals surface area contributed by atoms with Crippen molar-refractivity contribution >= 4 is 10.9 Å². The lowest BCUT2D eigenvalue weighted by molar-refractivity contribution is -0.0105. The van der Waals surface area contributed by atoms with Crippen LogP contribution in [-0.2, 0) is 0 Å². The van der Waals surface area contributed by atoms with Crippen molar-refractivity contribution in [3.8, 4) is 5.75 Å². The Balaban J connectivity index is 1.68. The number of hydrogen-bond acceptors (Lipinski definition) is 4. The van der Waals surface area contributed by atoms with Gasteiger partial charge in [-0.2, -0.15) is 0 Å². The van der Waals surface area contributed by atoms with Gasteiger partial charge in [0.05, 0.1) is 12.6 Å². The van der Waals surface area contributed by atoms with Crippen LogP contribution in [0.3, 0.4) is 0 Å². The fourth-order valence-corrected chi connectivity index (χ4v) is 4.79. The highest BCUT2D eigenvalue weighted by Gasteiger charge is 2.41. The average molecular weight is 325 g/mol. The van der Waals surface area contributed by atoms with E-state index in [1.165, 1.54) is 37.9 Å². The second-order valence-corrected chi connectivity index (χ2v) is 7.32. The maximum Gasteiger partial charge on any atom is 0.119 e. The van der Waals surface area contributed by atoms with Gasteiger partial charge in [0.2, 0.25) is 0 Å². The first-order valence-electron chi connectivity index (χ1n) is 9.13. The van der Waals surface area contributed by atoms with Crippen LogP contribution in [0.1, 0.15) is 37.8 Å². The Morgan fingerprint density at radius 1 is 1.38 bits per heavy atom. The predicted octanol–water partition coefficient (Wildman–Crippen LogP) is 3.36. The van der Waals surface area contributed by atoms with E-state index < -0.39 is 0 Å². The molecule has 1 aromatic carbocycles. The molecular weight excluding hydrogens is 298 g/mol. The number of nitrogens with two attached hydrogens (primary N) is 1. The van der Waals surface area contributed by atoms with Crippen molar-refractivity contribution in [1.82, 2.24) is 9.88 Å². The van der Waals surface area contributed by atoms with Gasteiger partial charge in [0, 0.05) is 30.2 Å². The van der Waals surface area contributed by atoms with Crippen LogP contribution in [0.2, 0.25) is 0 Å². The van der Waals surface area contributed by atoms with E-state index in [0.717, 1.165) is 28.5 Å². The number of aromatic nitrogens is 1. The van der Waals surface area contributed by atoms with E-state index >= 15 is 0 Å². The van der Waals surface area contributed by atoms with Crippen LogP contribution in [0.25, 0.3) is 10.9 Å². The summed E-state index contributed by atoms with van der Waals surface area (Å²) in [6.45, 7) is 4.74. The molecular formula is C20H27N3O. The topological polar surface area (TPSA) is 51.4 Å². The van der Waals surface area contributed by atoms with Crippen LogP contribution in [0, 0.1) is 11.8 Å². The minimum absolute atomic E-state index is 0.0308. The molecule has 3 fully saturated rings. The Labute approximate surface area is 144 Å². The molecule has 128 valence electrons. The minimum Gasteiger partial charge on any atom is -0.497 e. The van der Waals surface area contributed by atoms with E-state index in [2.05, 4.69) is 28.9 Å². The summed E-state index contributed by atoms with van der Waals surface area (Å²) in [5.41, 5.74) is 8.98. The van der Waals surface area contributed by atoms with Gasteiger partial charge < -0.3 is 10.5 Å². The van der Waals surface area contributed by atoms with Crippen molar-refractivity contribution in [2.24, 2.45) is 17.6 Å². The first kappa shape index (κ1) is 15.9. The molecule has 2 N–H and O–H groups in total. The number of pyridine rings is 1. The van der Waals surface area contributed by atoms with Gasteiger partial charge >= 0.3 is 0 Å². The molecule has 2 aromatic rings. The number of ether oxygens (including phenoxy) is 1. The number of fused-ring (bicyclic) bond motifs is 4. The predicted molar refractivity (Wildman–Crippen MR) is 97.1 cm³/mol. The molecule has 5 atom stereocenters. The number of rotatable bonds is 4. The van der Waals surface area contributed by atoms with E-state index in [4.69, 9.17) is 10.5 Å². The number of nitrogens with zero attached hydrogens (tertiary/aromatic N) is 2. The van der Waals surface area contributed by atoms with Gasteiger partial charge in [0.1, 0.15) is 5.75 Å². The lowest BCUT2D eigenvalue weighted by Crippen LogP contribution is -2.56. The van der Waals surface area contributed by atoms with Crippen LogP contribution >= 0.6 is 0 Å². The van der Waals surface area contributed by atoms with Crippen molar-refractivity contribution in [1.29, 1.82) is 0 Å². The molecule has 4 unspecified atom stereocenters. The zero-order chi connectivity index (χ0) is 16.7. The highest BCUT2D eigenvalue weighted by Crippen LogP contribution is 2.42.